The summed E-state index contributed by atoms with van der Waals surface area (Å²) in [5.74, 6) is 4.98. The Morgan fingerprint density at radius 1 is 1.61 bits per heavy atom. The molecule has 1 aromatic rings. The lowest BCUT2D eigenvalue weighted by atomic mass is 10.2. The molecule has 2 heterocycles. The lowest BCUT2D eigenvalue weighted by molar-refractivity contribution is 0.0759. The molecule has 0 aromatic carbocycles. The van der Waals surface area contributed by atoms with Gasteiger partial charge in [-0.1, -0.05) is 11.8 Å². The summed E-state index contributed by atoms with van der Waals surface area (Å²) in [7, 11) is 0. The van der Waals surface area contributed by atoms with Crippen LogP contribution < -0.4 is 0 Å². The highest BCUT2D eigenvalue weighted by atomic mass is 16.3. The number of aliphatic hydroxyl groups is 2. The molecule has 1 atom stereocenters. The number of carbonyl (C=O) groups is 1. The lowest BCUT2D eigenvalue weighted by Gasteiger charge is -2.15. The van der Waals surface area contributed by atoms with Crippen LogP contribution in [-0.2, 0) is 0 Å². The number of aliphatic hydroxyl groups excluding tert-OH is 2. The van der Waals surface area contributed by atoms with Gasteiger partial charge >= 0.3 is 0 Å². The van der Waals surface area contributed by atoms with Gasteiger partial charge in [-0.2, -0.15) is 0 Å². The van der Waals surface area contributed by atoms with Gasteiger partial charge in [-0.15, -0.1) is 0 Å². The Bertz CT molecular complexity index is 504. The first-order valence-corrected chi connectivity index (χ1v) is 5.74. The average Bonchev–Trinajstić information content (AvgIpc) is 2.82. The van der Waals surface area contributed by atoms with Gasteiger partial charge in [0.2, 0.25) is 0 Å². The molecule has 1 saturated heterocycles. The first-order valence-electron chi connectivity index (χ1n) is 5.74. The Labute approximate surface area is 105 Å². The standard InChI is InChI=1S/C13H14N2O3/c16-8-2-4-10-3-1-6-14-12(10)13(18)15-7-5-11(17)9-15/h1,3,6,11,16-17H,5,7-9H2. The molecule has 1 aromatic heterocycles. The van der Waals surface area contributed by atoms with E-state index < -0.39 is 6.10 Å². The molecule has 1 fully saturated rings. The Balaban J connectivity index is 2.24. The summed E-state index contributed by atoms with van der Waals surface area (Å²) in [6.07, 6.45) is 1.67. The van der Waals surface area contributed by atoms with Crippen molar-refractivity contribution in [1.29, 1.82) is 0 Å². The highest BCUT2D eigenvalue weighted by Crippen LogP contribution is 2.14. The van der Waals surface area contributed by atoms with Gasteiger partial charge in [0.05, 0.1) is 11.7 Å². The third-order valence-electron chi connectivity index (χ3n) is 2.76. The molecule has 1 aliphatic heterocycles. The highest BCUT2D eigenvalue weighted by molar-refractivity contribution is 5.95. The maximum atomic E-state index is 12.2. The van der Waals surface area contributed by atoms with Gasteiger partial charge in [-0.25, -0.2) is 4.98 Å². The van der Waals surface area contributed by atoms with Gasteiger partial charge in [-0.05, 0) is 18.6 Å². The molecule has 94 valence electrons. The van der Waals surface area contributed by atoms with Gasteiger partial charge in [0.1, 0.15) is 12.3 Å². The van der Waals surface area contributed by atoms with E-state index in [0.29, 0.717) is 25.1 Å². The van der Waals surface area contributed by atoms with E-state index in [1.807, 2.05) is 0 Å². The molecule has 0 radical (unpaired) electrons. The normalized spacial score (nSPS) is 18.3. The number of pyridine rings is 1. The van der Waals surface area contributed by atoms with E-state index in [0.717, 1.165) is 0 Å². The van der Waals surface area contributed by atoms with Crippen molar-refractivity contribution in [1.82, 2.24) is 9.88 Å². The van der Waals surface area contributed by atoms with Crippen LogP contribution in [0.25, 0.3) is 0 Å². The molecule has 0 aliphatic carbocycles. The van der Waals surface area contributed by atoms with Crippen LogP contribution in [0.15, 0.2) is 18.3 Å². The number of carbonyl (C=O) groups excluding carboxylic acids is 1. The first-order chi connectivity index (χ1) is 8.72. The van der Waals surface area contributed by atoms with Crippen molar-refractivity contribution in [2.45, 2.75) is 12.5 Å². The predicted molar refractivity (Wildman–Crippen MR) is 64.7 cm³/mol. The van der Waals surface area contributed by atoms with Gasteiger partial charge in [0, 0.05) is 19.3 Å². The Kier molecular flexibility index (Phi) is 3.92. The van der Waals surface area contributed by atoms with Crippen molar-refractivity contribution < 1.29 is 15.0 Å². The van der Waals surface area contributed by atoms with E-state index in [-0.39, 0.29) is 18.2 Å². The number of hydrogen-bond acceptors (Lipinski definition) is 4. The van der Waals surface area contributed by atoms with Crippen LogP contribution in [0.1, 0.15) is 22.5 Å². The van der Waals surface area contributed by atoms with Crippen LogP contribution >= 0.6 is 0 Å². The summed E-state index contributed by atoms with van der Waals surface area (Å²) in [5.41, 5.74) is 0.769. The molecule has 1 amide bonds. The average molecular weight is 246 g/mol. The fraction of sp³-hybridized carbons (Fsp3) is 0.385. The first kappa shape index (κ1) is 12.6. The molecular formula is C13H14N2O3. The van der Waals surface area contributed by atoms with Crippen molar-refractivity contribution >= 4 is 5.91 Å². The second-order valence-electron chi connectivity index (χ2n) is 4.05. The Hall–Kier alpha value is -1.90. The Morgan fingerprint density at radius 3 is 3.11 bits per heavy atom. The van der Waals surface area contributed by atoms with Crippen molar-refractivity contribution in [3.8, 4) is 11.8 Å². The van der Waals surface area contributed by atoms with Gasteiger partial charge in [0.25, 0.3) is 5.91 Å². The molecule has 0 bridgehead atoms. The van der Waals surface area contributed by atoms with Crippen molar-refractivity contribution in [2.24, 2.45) is 0 Å². The molecule has 18 heavy (non-hydrogen) atoms. The van der Waals surface area contributed by atoms with E-state index in [9.17, 15) is 9.90 Å². The fourth-order valence-electron chi connectivity index (χ4n) is 1.89. The smallest absolute Gasteiger partial charge is 0.273 e. The number of amides is 1. The minimum absolute atomic E-state index is 0.227. The third-order valence-corrected chi connectivity index (χ3v) is 2.76. The predicted octanol–water partition coefficient (Wildman–Crippen LogP) is -0.368. The van der Waals surface area contributed by atoms with Crippen LogP contribution in [0.2, 0.25) is 0 Å². The van der Waals surface area contributed by atoms with E-state index in [2.05, 4.69) is 16.8 Å². The number of nitrogens with zero attached hydrogens (tertiary/aromatic N) is 2. The van der Waals surface area contributed by atoms with Gasteiger partial charge in [0.15, 0.2) is 0 Å². The van der Waals surface area contributed by atoms with E-state index in [4.69, 9.17) is 5.11 Å². The summed E-state index contributed by atoms with van der Waals surface area (Å²) in [6.45, 7) is 0.608. The van der Waals surface area contributed by atoms with E-state index in [1.54, 1.807) is 17.0 Å². The minimum Gasteiger partial charge on any atom is -0.391 e. The third kappa shape index (κ3) is 2.67. The summed E-state index contributed by atoms with van der Waals surface area (Å²) in [6, 6.07) is 3.38. The molecular weight excluding hydrogens is 232 g/mol. The zero-order chi connectivity index (χ0) is 13.0. The van der Waals surface area contributed by atoms with E-state index in [1.165, 1.54) is 6.20 Å². The van der Waals surface area contributed by atoms with Crippen molar-refractivity contribution in [3.63, 3.8) is 0 Å². The minimum atomic E-state index is -0.454. The molecule has 2 rings (SSSR count). The quantitative estimate of drug-likeness (QED) is 0.663. The molecule has 0 saturated carbocycles. The van der Waals surface area contributed by atoms with Crippen LogP contribution in [0.5, 0.6) is 0 Å². The summed E-state index contributed by atoms with van der Waals surface area (Å²) in [4.78, 5) is 17.8. The Morgan fingerprint density at radius 2 is 2.44 bits per heavy atom. The fourth-order valence-corrected chi connectivity index (χ4v) is 1.89. The topological polar surface area (TPSA) is 73.7 Å². The number of rotatable bonds is 1. The van der Waals surface area contributed by atoms with Crippen molar-refractivity contribution in [2.75, 3.05) is 19.7 Å². The molecule has 2 N–H and O–H groups in total. The monoisotopic (exact) mass is 246 g/mol. The van der Waals surface area contributed by atoms with Gasteiger partial charge < -0.3 is 15.1 Å². The zero-order valence-electron chi connectivity index (χ0n) is 9.83. The zero-order valence-corrected chi connectivity index (χ0v) is 9.83. The maximum Gasteiger partial charge on any atom is 0.273 e. The lowest BCUT2D eigenvalue weighted by Crippen LogP contribution is -2.30. The highest BCUT2D eigenvalue weighted by Gasteiger charge is 2.27. The molecule has 5 nitrogen and oxygen atoms in total. The van der Waals surface area contributed by atoms with Crippen LogP contribution in [-0.4, -0.2) is 51.8 Å². The van der Waals surface area contributed by atoms with Crippen LogP contribution in [0.4, 0.5) is 0 Å². The van der Waals surface area contributed by atoms with Crippen molar-refractivity contribution in [3.05, 3.63) is 29.6 Å². The molecule has 5 heteroatoms. The number of β-amino-alcohol motifs (C(OH)–C–C–N with tert-alkyl or cyclic N) is 1. The molecule has 0 spiro atoms. The summed E-state index contributed by atoms with van der Waals surface area (Å²) >= 11 is 0. The summed E-state index contributed by atoms with van der Waals surface area (Å²) in [5, 5.41) is 18.1. The summed E-state index contributed by atoms with van der Waals surface area (Å²) < 4.78 is 0. The maximum absolute atomic E-state index is 12.2. The second-order valence-corrected chi connectivity index (χ2v) is 4.05. The van der Waals surface area contributed by atoms with Crippen LogP contribution in [0, 0.1) is 11.8 Å². The number of likely N-dealkylation sites (tertiary alicyclic amines) is 1. The molecule has 1 aliphatic rings. The van der Waals surface area contributed by atoms with E-state index >= 15 is 0 Å². The number of aromatic nitrogens is 1. The SMILES string of the molecule is O=C(c1ncccc1C#CCO)N1CCC(O)C1. The largest absolute Gasteiger partial charge is 0.391 e. The molecule has 1 unspecified atom stereocenters. The number of hydrogen-bond donors (Lipinski definition) is 2. The van der Waals surface area contributed by atoms with Gasteiger partial charge in [-0.3, -0.25) is 4.79 Å². The van der Waals surface area contributed by atoms with Crippen LogP contribution in [0.3, 0.4) is 0 Å². The second kappa shape index (κ2) is 5.63.